The van der Waals surface area contributed by atoms with Crippen LogP contribution >= 0.6 is 0 Å². The summed E-state index contributed by atoms with van der Waals surface area (Å²) in [5.74, 6) is -0.966. The van der Waals surface area contributed by atoms with E-state index in [4.69, 9.17) is 14.6 Å². The van der Waals surface area contributed by atoms with Gasteiger partial charge >= 0.3 is 12.1 Å². The van der Waals surface area contributed by atoms with Crippen LogP contribution in [-0.2, 0) is 19.1 Å². The maximum Gasteiger partial charge on any atom is 0.408 e. The Morgan fingerprint density at radius 1 is 1.00 bits per heavy atom. The first-order valence-electron chi connectivity index (χ1n) is 7.94. The Bertz CT molecular complexity index is 437. The van der Waals surface area contributed by atoms with Crippen molar-refractivity contribution in [2.24, 2.45) is 0 Å². The van der Waals surface area contributed by atoms with Crippen LogP contribution in [0.1, 0.15) is 54.4 Å². The maximum absolute atomic E-state index is 12.1. The molecule has 0 saturated carbocycles. The highest BCUT2D eigenvalue weighted by atomic mass is 16.6. The number of carbonyl (C=O) groups excluding carboxylic acids is 3. The van der Waals surface area contributed by atoms with E-state index in [2.05, 4.69) is 10.6 Å². The van der Waals surface area contributed by atoms with Gasteiger partial charge in [-0.25, -0.2) is 4.79 Å². The van der Waals surface area contributed by atoms with E-state index < -0.39 is 35.2 Å². The smallest absolute Gasteiger partial charge is 0.408 e. The summed E-state index contributed by atoms with van der Waals surface area (Å²) in [6.45, 7) is 10.2. The van der Waals surface area contributed by atoms with Crippen LogP contribution in [0.3, 0.4) is 0 Å². The molecule has 0 aromatic rings. The number of rotatable bonds is 7. The number of esters is 1. The minimum atomic E-state index is -0.959. The van der Waals surface area contributed by atoms with Crippen LogP contribution in [0.25, 0.3) is 0 Å². The molecule has 0 radical (unpaired) electrons. The molecule has 0 aromatic heterocycles. The Labute approximate surface area is 143 Å². The second-order valence-corrected chi connectivity index (χ2v) is 7.34. The zero-order valence-corrected chi connectivity index (χ0v) is 15.4. The van der Waals surface area contributed by atoms with Gasteiger partial charge in [-0.05, 0) is 48.0 Å². The quantitative estimate of drug-likeness (QED) is 0.595. The number of aliphatic hydroxyl groups is 1. The van der Waals surface area contributed by atoms with E-state index in [1.165, 1.54) is 0 Å². The molecular formula is C16H30N2O6. The zero-order valence-electron chi connectivity index (χ0n) is 15.4. The molecule has 1 atom stereocenters. The van der Waals surface area contributed by atoms with Gasteiger partial charge in [-0.1, -0.05) is 0 Å². The van der Waals surface area contributed by atoms with Crippen molar-refractivity contribution >= 4 is 18.0 Å². The fraction of sp³-hybridized carbons (Fsp3) is 0.812. The standard InChI is InChI=1S/C16H30N2O6/c1-15(2,3)23-12(20)8-7-11(13(21)17-9-10-19)18-14(22)24-16(4,5)6/h11,19H,7-10H2,1-6H3,(H,17,21)(H,18,22). The summed E-state index contributed by atoms with van der Waals surface area (Å²) in [4.78, 5) is 35.7. The van der Waals surface area contributed by atoms with Gasteiger partial charge in [-0.15, -0.1) is 0 Å². The van der Waals surface area contributed by atoms with Crippen molar-refractivity contribution in [3.63, 3.8) is 0 Å². The average Bonchev–Trinajstić information content (AvgIpc) is 2.36. The molecule has 1 unspecified atom stereocenters. The highest BCUT2D eigenvalue weighted by molar-refractivity contribution is 5.86. The third-order valence-corrected chi connectivity index (χ3v) is 2.48. The number of carbonyl (C=O) groups is 3. The molecule has 3 N–H and O–H groups in total. The third kappa shape index (κ3) is 11.7. The van der Waals surface area contributed by atoms with Gasteiger partial charge in [0.25, 0.3) is 0 Å². The Morgan fingerprint density at radius 2 is 1.54 bits per heavy atom. The summed E-state index contributed by atoms with van der Waals surface area (Å²) >= 11 is 0. The molecule has 0 aliphatic heterocycles. The van der Waals surface area contributed by atoms with Gasteiger partial charge < -0.3 is 25.2 Å². The maximum atomic E-state index is 12.1. The van der Waals surface area contributed by atoms with Gasteiger partial charge in [0.2, 0.25) is 5.91 Å². The molecule has 0 fully saturated rings. The van der Waals surface area contributed by atoms with Crippen molar-refractivity contribution in [2.45, 2.75) is 71.6 Å². The van der Waals surface area contributed by atoms with E-state index in [9.17, 15) is 14.4 Å². The molecule has 0 rings (SSSR count). The summed E-state index contributed by atoms with van der Waals surface area (Å²) in [5.41, 5.74) is -1.33. The van der Waals surface area contributed by atoms with Crippen molar-refractivity contribution in [1.82, 2.24) is 10.6 Å². The highest BCUT2D eigenvalue weighted by Crippen LogP contribution is 2.11. The van der Waals surface area contributed by atoms with E-state index in [0.29, 0.717) is 0 Å². The van der Waals surface area contributed by atoms with Crippen LogP contribution in [0.2, 0.25) is 0 Å². The molecule has 0 aromatic carbocycles. The summed E-state index contributed by atoms with van der Waals surface area (Å²) in [6.07, 6.45) is -0.730. The van der Waals surface area contributed by atoms with Gasteiger partial charge in [0, 0.05) is 13.0 Å². The molecule has 2 amide bonds. The largest absolute Gasteiger partial charge is 0.460 e. The second-order valence-electron chi connectivity index (χ2n) is 7.34. The minimum absolute atomic E-state index is 0.0374. The number of aliphatic hydroxyl groups excluding tert-OH is 1. The number of nitrogens with one attached hydrogen (secondary N) is 2. The number of hydrogen-bond donors (Lipinski definition) is 3. The first-order valence-corrected chi connectivity index (χ1v) is 7.94. The van der Waals surface area contributed by atoms with Crippen LogP contribution in [0, 0.1) is 0 Å². The van der Waals surface area contributed by atoms with Gasteiger partial charge in [-0.3, -0.25) is 9.59 Å². The van der Waals surface area contributed by atoms with Crippen LogP contribution in [0.4, 0.5) is 4.79 Å². The average molecular weight is 346 g/mol. The molecule has 0 spiro atoms. The number of hydrogen-bond acceptors (Lipinski definition) is 6. The van der Waals surface area contributed by atoms with E-state index in [1.807, 2.05) is 0 Å². The SMILES string of the molecule is CC(C)(C)OC(=O)CCC(NC(=O)OC(C)(C)C)C(=O)NCCO. The molecule has 8 nitrogen and oxygen atoms in total. The first kappa shape index (κ1) is 22.2. The number of ether oxygens (including phenoxy) is 2. The second kappa shape index (κ2) is 9.46. The Hall–Kier alpha value is -1.83. The summed E-state index contributed by atoms with van der Waals surface area (Å²) < 4.78 is 10.3. The van der Waals surface area contributed by atoms with E-state index in [0.717, 1.165) is 0 Å². The topological polar surface area (TPSA) is 114 Å². The third-order valence-electron chi connectivity index (χ3n) is 2.48. The van der Waals surface area contributed by atoms with Crippen molar-refractivity contribution in [3.05, 3.63) is 0 Å². The van der Waals surface area contributed by atoms with Crippen molar-refractivity contribution < 1.29 is 29.0 Å². The molecular weight excluding hydrogens is 316 g/mol. The fourth-order valence-corrected chi connectivity index (χ4v) is 1.68. The number of alkyl carbamates (subject to hydrolysis) is 1. The van der Waals surface area contributed by atoms with E-state index in [-0.39, 0.29) is 26.0 Å². The van der Waals surface area contributed by atoms with Crippen molar-refractivity contribution in [3.8, 4) is 0 Å². The normalized spacial score (nSPS) is 13.0. The number of amides is 2. The predicted molar refractivity (Wildman–Crippen MR) is 88.3 cm³/mol. The van der Waals surface area contributed by atoms with Crippen LogP contribution < -0.4 is 10.6 Å². The van der Waals surface area contributed by atoms with Crippen LogP contribution in [0.5, 0.6) is 0 Å². The van der Waals surface area contributed by atoms with Crippen molar-refractivity contribution in [2.75, 3.05) is 13.2 Å². The van der Waals surface area contributed by atoms with Crippen LogP contribution in [-0.4, -0.2) is 53.5 Å². The predicted octanol–water partition coefficient (Wildman–Crippen LogP) is 1.11. The first-order chi connectivity index (χ1) is 10.8. The van der Waals surface area contributed by atoms with Gasteiger partial charge in [-0.2, -0.15) is 0 Å². The minimum Gasteiger partial charge on any atom is -0.460 e. The van der Waals surface area contributed by atoms with Gasteiger partial charge in [0.15, 0.2) is 0 Å². The molecule has 0 aliphatic carbocycles. The van der Waals surface area contributed by atoms with Crippen molar-refractivity contribution in [1.29, 1.82) is 0 Å². The lowest BCUT2D eigenvalue weighted by atomic mass is 10.1. The Morgan fingerprint density at radius 3 is 2.00 bits per heavy atom. The Balaban J connectivity index is 4.72. The lowest BCUT2D eigenvalue weighted by molar-refractivity contribution is -0.155. The van der Waals surface area contributed by atoms with Gasteiger partial charge in [0.1, 0.15) is 17.2 Å². The lowest BCUT2D eigenvalue weighted by Crippen LogP contribution is -2.49. The summed E-state index contributed by atoms with van der Waals surface area (Å²) in [5, 5.41) is 13.7. The summed E-state index contributed by atoms with van der Waals surface area (Å²) in [6, 6.07) is -0.959. The van der Waals surface area contributed by atoms with Crippen LogP contribution in [0.15, 0.2) is 0 Å². The monoisotopic (exact) mass is 346 g/mol. The van der Waals surface area contributed by atoms with E-state index in [1.54, 1.807) is 41.5 Å². The van der Waals surface area contributed by atoms with Gasteiger partial charge in [0.05, 0.1) is 6.61 Å². The summed E-state index contributed by atoms with van der Waals surface area (Å²) in [7, 11) is 0. The molecule has 0 saturated heterocycles. The Kier molecular flexibility index (Phi) is 8.74. The molecule has 24 heavy (non-hydrogen) atoms. The van der Waals surface area contributed by atoms with E-state index >= 15 is 0 Å². The molecule has 0 heterocycles. The molecule has 8 heteroatoms. The lowest BCUT2D eigenvalue weighted by Gasteiger charge is -2.24. The molecule has 0 aliphatic rings. The highest BCUT2D eigenvalue weighted by Gasteiger charge is 2.26. The molecule has 0 bridgehead atoms. The molecule has 140 valence electrons. The fourth-order valence-electron chi connectivity index (χ4n) is 1.68. The zero-order chi connectivity index (χ0) is 19.0.